The van der Waals surface area contributed by atoms with Crippen LogP contribution < -0.4 is 5.32 Å². The van der Waals surface area contributed by atoms with Crippen LogP contribution in [0.4, 0.5) is 0 Å². The number of rotatable bonds is 5. The van der Waals surface area contributed by atoms with E-state index in [1.54, 1.807) is 0 Å². The van der Waals surface area contributed by atoms with E-state index in [4.69, 9.17) is 4.74 Å². The maximum atomic E-state index is 5.61. The van der Waals surface area contributed by atoms with Crippen molar-refractivity contribution in [2.45, 2.75) is 31.5 Å². The normalized spacial score (nSPS) is 25.2. The Balaban J connectivity index is 1.56. The van der Waals surface area contributed by atoms with Gasteiger partial charge in [-0.15, -0.1) is 0 Å². The SMILES string of the molecule is c1cc(CN2CCOCC2CNC2CC2)ccn1. The van der Waals surface area contributed by atoms with Gasteiger partial charge in [-0.05, 0) is 30.5 Å². The molecular weight excluding hydrogens is 226 g/mol. The molecule has 2 aliphatic rings. The second-order valence-electron chi connectivity index (χ2n) is 5.24. The molecule has 1 atom stereocenters. The predicted molar refractivity (Wildman–Crippen MR) is 70.3 cm³/mol. The van der Waals surface area contributed by atoms with Crippen LogP contribution in [-0.2, 0) is 11.3 Å². The minimum absolute atomic E-state index is 0.507. The average molecular weight is 247 g/mol. The Morgan fingerprint density at radius 2 is 2.17 bits per heavy atom. The van der Waals surface area contributed by atoms with E-state index in [-0.39, 0.29) is 0 Å². The van der Waals surface area contributed by atoms with E-state index < -0.39 is 0 Å². The molecule has 1 aliphatic heterocycles. The molecule has 4 heteroatoms. The third-order valence-electron chi connectivity index (χ3n) is 3.70. The third kappa shape index (κ3) is 3.28. The minimum atomic E-state index is 0.507. The first-order chi connectivity index (χ1) is 8.92. The highest BCUT2D eigenvalue weighted by atomic mass is 16.5. The van der Waals surface area contributed by atoms with Crippen LogP contribution in [0, 0.1) is 0 Å². The van der Waals surface area contributed by atoms with Crippen molar-refractivity contribution in [1.29, 1.82) is 0 Å². The smallest absolute Gasteiger partial charge is 0.0635 e. The number of aromatic nitrogens is 1. The molecular formula is C14H21N3O. The Hall–Kier alpha value is -0.970. The van der Waals surface area contributed by atoms with Gasteiger partial charge in [0.05, 0.1) is 13.2 Å². The van der Waals surface area contributed by atoms with E-state index in [9.17, 15) is 0 Å². The third-order valence-corrected chi connectivity index (χ3v) is 3.70. The molecule has 1 N–H and O–H groups in total. The molecule has 0 amide bonds. The maximum absolute atomic E-state index is 5.61. The highest BCUT2D eigenvalue weighted by molar-refractivity contribution is 5.09. The minimum Gasteiger partial charge on any atom is -0.378 e. The van der Waals surface area contributed by atoms with Gasteiger partial charge in [0.2, 0.25) is 0 Å². The monoisotopic (exact) mass is 247 g/mol. The first-order valence-corrected chi connectivity index (χ1v) is 6.86. The topological polar surface area (TPSA) is 37.4 Å². The number of morpholine rings is 1. The summed E-state index contributed by atoms with van der Waals surface area (Å²) in [5.74, 6) is 0. The van der Waals surface area contributed by atoms with Crippen LogP contribution in [0.25, 0.3) is 0 Å². The van der Waals surface area contributed by atoms with Gasteiger partial charge < -0.3 is 10.1 Å². The molecule has 2 fully saturated rings. The van der Waals surface area contributed by atoms with E-state index in [1.165, 1.54) is 18.4 Å². The number of pyridine rings is 1. The molecule has 18 heavy (non-hydrogen) atoms. The molecule has 1 unspecified atom stereocenters. The summed E-state index contributed by atoms with van der Waals surface area (Å²) in [7, 11) is 0. The van der Waals surface area contributed by atoms with Gasteiger partial charge in [0.1, 0.15) is 0 Å². The first kappa shape index (κ1) is 12.1. The molecule has 4 nitrogen and oxygen atoms in total. The quantitative estimate of drug-likeness (QED) is 0.843. The number of hydrogen-bond acceptors (Lipinski definition) is 4. The molecule has 1 saturated carbocycles. The molecule has 1 aliphatic carbocycles. The molecule has 1 aromatic heterocycles. The summed E-state index contributed by atoms with van der Waals surface area (Å²) in [6.45, 7) is 4.79. The zero-order valence-electron chi connectivity index (χ0n) is 10.7. The van der Waals surface area contributed by atoms with Crippen LogP contribution >= 0.6 is 0 Å². The maximum Gasteiger partial charge on any atom is 0.0635 e. The van der Waals surface area contributed by atoms with E-state index in [1.807, 2.05) is 12.4 Å². The fourth-order valence-electron chi connectivity index (χ4n) is 2.40. The van der Waals surface area contributed by atoms with Crippen molar-refractivity contribution in [3.05, 3.63) is 30.1 Å². The summed E-state index contributed by atoms with van der Waals surface area (Å²) in [5.41, 5.74) is 1.34. The summed E-state index contributed by atoms with van der Waals surface area (Å²) in [4.78, 5) is 6.59. The van der Waals surface area contributed by atoms with Crippen molar-refractivity contribution in [1.82, 2.24) is 15.2 Å². The van der Waals surface area contributed by atoms with Gasteiger partial charge in [-0.1, -0.05) is 0 Å². The Kier molecular flexibility index (Phi) is 3.88. The average Bonchev–Trinajstić information content (AvgIpc) is 3.23. The zero-order chi connectivity index (χ0) is 12.2. The van der Waals surface area contributed by atoms with Crippen molar-refractivity contribution in [3.63, 3.8) is 0 Å². The molecule has 2 heterocycles. The Labute approximate surface area is 108 Å². The van der Waals surface area contributed by atoms with E-state index in [0.717, 1.165) is 38.9 Å². The Morgan fingerprint density at radius 3 is 2.94 bits per heavy atom. The Bertz CT molecular complexity index is 367. The summed E-state index contributed by atoms with van der Waals surface area (Å²) in [5, 5.41) is 3.61. The first-order valence-electron chi connectivity index (χ1n) is 6.86. The van der Waals surface area contributed by atoms with Crippen molar-refractivity contribution in [2.24, 2.45) is 0 Å². The highest BCUT2D eigenvalue weighted by Gasteiger charge is 2.26. The molecule has 98 valence electrons. The van der Waals surface area contributed by atoms with Crippen molar-refractivity contribution in [3.8, 4) is 0 Å². The summed E-state index contributed by atoms with van der Waals surface area (Å²) in [6, 6.07) is 5.48. The molecule has 3 rings (SSSR count). The van der Waals surface area contributed by atoms with Crippen molar-refractivity contribution < 1.29 is 4.74 Å². The predicted octanol–water partition coefficient (Wildman–Crippen LogP) is 1.03. The van der Waals surface area contributed by atoms with E-state index >= 15 is 0 Å². The summed E-state index contributed by atoms with van der Waals surface area (Å²) >= 11 is 0. The molecule has 1 aromatic rings. The molecule has 0 bridgehead atoms. The number of nitrogens with zero attached hydrogens (tertiary/aromatic N) is 2. The van der Waals surface area contributed by atoms with E-state index in [2.05, 4.69) is 27.3 Å². The summed E-state index contributed by atoms with van der Waals surface area (Å²) in [6.07, 6.45) is 6.43. The van der Waals surface area contributed by atoms with Crippen LogP contribution in [0.15, 0.2) is 24.5 Å². The lowest BCUT2D eigenvalue weighted by Gasteiger charge is -2.35. The number of ether oxygens (including phenoxy) is 1. The second-order valence-corrected chi connectivity index (χ2v) is 5.24. The number of hydrogen-bond donors (Lipinski definition) is 1. The largest absolute Gasteiger partial charge is 0.378 e. The fourth-order valence-corrected chi connectivity index (χ4v) is 2.40. The number of nitrogens with one attached hydrogen (secondary N) is 1. The van der Waals surface area contributed by atoms with Crippen LogP contribution in [0.3, 0.4) is 0 Å². The fraction of sp³-hybridized carbons (Fsp3) is 0.643. The lowest BCUT2D eigenvalue weighted by molar-refractivity contribution is -0.0110. The van der Waals surface area contributed by atoms with Crippen LogP contribution in [0.1, 0.15) is 18.4 Å². The second kappa shape index (κ2) is 5.78. The van der Waals surface area contributed by atoms with Gasteiger partial charge in [0.25, 0.3) is 0 Å². The van der Waals surface area contributed by atoms with Crippen LogP contribution in [0.5, 0.6) is 0 Å². The highest BCUT2D eigenvalue weighted by Crippen LogP contribution is 2.19. The molecule has 0 spiro atoms. The van der Waals surface area contributed by atoms with E-state index in [0.29, 0.717) is 6.04 Å². The van der Waals surface area contributed by atoms with Crippen molar-refractivity contribution in [2.75, 3.05) is 26.3 Å². The lowest BCUT2D eigenvalue weighted by atomic mass is 10.1. The van der Waals surface area contributed by atoms with Gasteiger partial charge in [-0.25, -0.2) is 0 Å². The van der Waals surface area contributed by atoms with Crippen LogP contribution in [-0.4, -0.2) is 48.3 Å². The van der Waals surface area contributed by atoms with Gasteiger partial charge in [-0.2, -0.15) is 0 Å². The standard InChI is InChI=1S/C14H21N3O/c1-2-13(1)16-9-14-11-18-8-7-17(14)10-12-3-5-15-6-4-12/h3-6,13-14,16H,1-2,7-11H2. The lowest BCUT2D eigenvalue weighted by Crippen LogP contribution is -2.50. The summed E-state index contributed by atoms with van der Waals surface area (Å²) < 4.78 is 5.61. The van der Waals surface area contributed by atoms with Crippen molar-refractivity contribution >= 4 is 0 Å². The molecule has 0 aromatic carbocycles. The van der Waals surface area contributed by atoms with Gasteiger partial charge >= 0.3 is 0 Å². The van der Waals surface area contributed by atoms with Gasteiger partial charge in [0.15, 0.2) is 0 Å². The molecule has 0 radical (unpaired) electrons. The van der Waals surface area contributed by atoms with Gasteiger partial charge in [0, 0.05) is 44.1 Å². The van der Waals surface area contributed by atoms with Gasteiger partial charge in [-0.3, -0.25) is 9.88 Å². The van der Waals surface area contributed by atoms with Crippen LogP contribution in [0.2, 0.25) is 0 Å². The Morgan fingerprint density at radius 1 is 1.33 bits per heavy atom. The molecule has 1 saturated heterocycles. The zero-order valence-corrected chi connectivity index (χ0v) is 10.7.